The number of aryl methyl sites for hydroxylation is 1. The van der Waals surface area contributed by atoms with E-state index in [1.54, 1.807) is 36.4 Å². The van der Waals surface area contributed by atoms with E-state index in [0.717, 1.165) is 5.56 Å². The first-order valence-corrected chi connectivity index (χ1v) is 11.4. The Bertz CT molecular complexity index is 976. The Morgan fingerprint density at radius 2 is 1.72 bits per heavy atom. The van der Waals surface area contributed by atoms with Crippen molar-refractivity contribution >= 4 is 39.1 Å². The molecule has 1 fully saturated rings. The summed E-state index contributed by atoms with van der Waals surface area (Å²) in [7, 11) is -3.64. The molecule has 3 rings (SSSR count). The van der Waals surface area contributed by atoms with Crippen molar-refractivity contribution in [1.29, 1.82) is 0 Å². The highest BCUT2D eigenvalue weighted by Gasteiger charge is 2.28. The van der Waals surface area contributed by atoms with Gasteiger partial charge in [-0.2, -0.15) is 4.31 Å². The van der Waals surface area contributed by atoms with Gasteiger partial charge in [-0.05, 0) is 29.7 Å². The average molecular weight is 457 g/mol. The Labute approximate surface area is 180 Å². The monoisotopic (exact) mass is 456 g/mol. The maximum atomic E-state index is 13.0. The number of hydrogen-bond acceptors (Lipinski definition) is 4. The SMILES string of the molecule is O=C(CCc1cccc(Cl)c1Cl)NCc1ccccc1S(=O)(=O)N1CCOCC1. The lowest BCUT2D eigenvalue weighted by Gasteiger charge is -2.27. The highest BCUT2D eigenvalue weighted by Crippen LogP contribution is 2.26. The molecule has 0 bridgehead atoms. The zero-order valence-electron chi connectivity index (χ0n) is 15.7. The molecule has 2 aromatic carbocycles. The largest absolute Gasteiger partial charge is 0.379 e. The molecule has 0 aliphatic carbocycles. The highest BCUT2D eigenvalue weighted by molar-refractivity contribution is 7.89. The van der Waals surface area contributed by atoms with E-state index < -0.39 is 10.0 Å². The van der Waals surface area contributed by atoms with E-state index in [2.05, 4.69) is 5.32 Å². The van der Waals surface area contributed by atoms with E-state index in [4.69, 9.17) is 27.9 Å². The number of hydrogen-bond donors (Lipinski definition) is 1. The Kier molecular flexibility index (Phi) is 7.54. The predicted octanol–water partition coefficient (Wildman–Crippen LogP) is 3.26. The second-order valence-corrected chi connectivity index (χ2v) is 9.31. The molecular weight excluding hydrogens is 435 g/mol. The minimum atomic E-state index is -3.64. The standard InChI is InChI=1S/C20H22Cl2N2O4S/c21-17-6-3-5-15(20(17)22)8-9-19(25)23-14-16-4-1-2-7-18(16)29(26,27)24-10-12-28-13-11-24/h1-7H,8-14H2,(H,23,25). The topological polar surface area (TPSA) is 75.7 Å². The van der Waals surface area contributed by atoms with Crippen LogP contribution in [-0.4, -0.2) is 44.9 Å². The van der Waals surface area contributed by atoms with Crippen LogP contribution in [0.3, 0.4) is 0 Å². The summed E-state index contributed by atoms with van der Waals surface area (Å²) in [6.45, 7) is 1.53. The van der Waals surface area contributed by atoms with Gasteiger partial charge in [-0.3, -0.25) is 4.79 Å². The number of benzene rings is 2. The second-order valence-electron chi connectivity index (χ2n) is 6.61. The minimum absolute atomic E-state index is 0.127. The van der Waals surface area contributed by atoms with Gasteiger partial charge in [-0.25, -0.2) is 8.42 Å². The zero-order valence-corrected chi connectivity index (χ0v) is 18.1. The highest BCUT2D eigenvalue weighted by atomic mass is 35.5. The molecule has 29 heavy (non-hydrogen) atoms. The molecule has 0 unspecified atom stereocenters. The van der Waals surface area contributed by atoms with E-state index in [-0.39, 0.29) is 23.8 Å². The van der Waals surface area contributed by atoms with Crippen LogP contribution < -0.4 is 5.32 Å². The molecule has 1 aliphatic rings. The summed E-state index contributed by atoms with van der Waals surface area (Å²) >= 11 is 12.1. The first-order chi connectivity index (χ1) is 13.9. The zero-order chi connectivity index (χ0) is 20.9. The number of carbonyl (C=O) groups excluding carboxylic acids is 1. The number of halogens is 2. The first kappa shape index (κ1) is 22.1. The average Bonchev–Trinajstić information content (AvgIpc) is 2.74. The molecule has 2 aromatic rings. The maximum Gasteiger partial charge on any atom is 0.243 e. The lowest BCUT2D eigenvalue weighted by atomic mass is 10.1. The van der Waals surface area contributed by atoms with Crippen molar-refractivity contribution in [3.63, 3.8) is 0 Å². The van der Waals surface area contributed by atoms with E-state index in [1.807, 2.05) is 6.07 Å². The first-order valence-electron chi connectivity index (χ1n) is 9.25. The fourth-order valence-electron chi connectivity index (χ4n) is 3.10. The number of morpholine rings is 1. The molecule has 0 atom stereocenters. The van der Waals surface area contributed by atoms with E-state index in [1.165, 1.54) is 4.31 Å². The van der Waals surface area contributed by atoms with Crippen molar-refractivity contribution in [2.75, 3.05) is 26.3 Å². The van der Waals surface area contributed by atoms with Crippen LogP contribution in [0, 0.1) is 0 Å². The fourth-order valence-corrected chi connectivity index (χ4v) is 5.14. The molecule has 1 saturated heterocycles. The Morgan fingerprint density at radius 1 is 1.03 bits per heavy atom. The second kappa shape index (κ2) is 9.91. The van der Waals surface area contributed by atoms with Crippen LogP contribution in [-0.2, 0) is 32.5 Å². The number of amides is 1. The quantitative estimate of drug-likeness (QED) is 0.693. The molecule has 1 aliphatic heterocycles. The van der Waals surface area contributed by atoms with Crippen LogP contribution in [0.1, 0.15) is 17.5 Å². The Balaban J connectivity index is 1.63. The molecule has 0 radical (unpaired) electrons. The van der Waals surface area contributed by atoms with Crippen molar-refractivity contribution in [1.82, 2.24) is 9.62 Å². The van der Waals surface area contributed by atoms with Crippen molar-refractivity contribution < 1.29 is 17.9 Å². The van der Waals surface area contributed by atoms with Gasteiger partial charge in [0.2, 0.25) is 15.9 Å². The van der Waals surface area contributed by atoms with Crippen LogP contribution in [0.5, 0.6) is 0 Å². The molecular formula is C20H22Cl2N2O4S. The number of sulfonamides is 1. The van der Waals surface area contributed by atoms with E-state index in [9.17, 15) is 13.2 Å². The third kappa shape index (κ3) is 5.49. The van der Waals surface area contributed by atoms with Gasteiger partial charge < -0.3 is 10.1 Å². The molecule has 156 valence electrons. The van der Waals surface area contributed by atoms with Crippen molar-refractivity contribution in [3.8, 4) is 0 Å². The maximum absolute atomic E-state index is 13.0. The number of nitrogens with zero attached hydrogens (tertiary/aromatic N) is 1. The van der Waals surface area contributed by atoms with Crippen LogP contribution in [0.4, 0.5) is 0 Å². The summed E-state index contributed by atoms with van der Waals surface area (Å²) in [5, 5.41) is 3.69. The summed E-state index contributed by atoms with van der Waals surface area (Å²) < 4.78 is 32.6. The predicted molar refractivity (Wildman–Crippen MR) is 113 cm³/mol. The summed E-state index contributed by atoms with van der Waals surface area (Å²) in [5.74, 6) is -0.195. The van der Waals surface area contributed by atoms with Gasteiger partial charge in [0.25, 0.3) is 0 Å². The van der Waals surface area contributed by atoms with Crippen molar-refractivity contribution in [3.05, 3.63) is 63.6 Å². The van der Waals surface area contributed by atoms with Gasteiger partial charge in [-0.15, -0.1) is 0 Å². The van der Waals surface area contributed by atoms with Crippen LogP contribution >= 0.6 is 23.2 Å². The van der Waals surface area contributed by atoms with Gasteiger partial charge in [0.05, 0.1) is 28.2 Å². The van der Waals surface area contributed by atoms with Gasteiger partial charge in [-0.1, -0.05) is 53.5 Å². The van der Waals surface area contributed by atoms with Crippen LogP contribution in [0.15, 0.2) is 47.4 Å². The van der Waals surface area contributed by atoms with E-state index in [0.29, 0.717) is 48.3 Å². The molecule has 0 aromatic heterocycles. The summed E-state index contributed by atoms with van der Waals surface area (Å²) in [6.07, 6.45) is 0.664. The lowest BCUT2D eigenvalue weighted by Crippen LogP contribution is -2.41. The third-order valence-electron chi connectivity index (χ3n) is 4.69. The van der Waals surface area contributed by atoms with Gasteiger partial charge in [0.1, 0.15) is 0 Å². The number of rotatable bonds is 7. The van der Waals surface area contributed by atoms with Gasteiger partial charge >= 0.3 is 0 Å². The van der Waals surface area contributed by atoms with E-state index >= 15 is 0 Å². The van der Waals surface area contributed by atoms with Gasteiger partial charge in [0.15, 0.2) is 0 Å². The van der Waals surface area contributed by atoms with Crippen molar-refractivity contribution in [2.24, 2.45) is 0 Å². The summed E-state index contributed by atoms with van der Waals surface area (Å²) in [6, 6.07) is 12.0. The van der Waals surface area contributed by atoms with Crippen molar-refractivity contribution in [2.45, 2.75) is 24.3 Å². The molecule has 0 spiro atoms. The van der Waals surface area contributed by atoms with Crippen LogP contribution in [0.25, 0.3) is 0 Å². The molecule has 1 amide bonds. The molecule has 0 saturated carbocycles. The van der Waals surface area contributed by atoms with Gasteiger partial charge in [0, 0.05) is 26.1 Å². The number of carbonyl (C=O) groups is 1. The molecule has 1 heterocycles. The Morgan fingerprint density at radius 3 is 2.48 bits per heavy atom. The number of nitrogens with one attached hydrogen (secondary N) is 1. The number of ether oxygens (including phenoxy) is 1. The molecule has 1 N–H and O–H groups in total. The third-order valence-corrected chi connectivity index (χ3v) is 7.55. The smallest absolute Gasteiger partial charge is 0.243 e. The lowest BCUT2D eigenvalue weighted by molar-refractivity contribution is -0.121. The van der Waals surface area contributed by atoms with Crippen LogP contribution in [0.2, 0.25) is 10.0 Å². The Hall–Kier alpha value is -1.64. The molecule has 9 heteroatoms. The molecule has 6 nitrogen and oxygen atoms in total. The minimum Gasteiger partial charge on any atom is -0.379 e. The summed E-state index contributed by atoms with van der Waals surface area (Å²) in [5.41, 5.74) is 1.35. The normalized spacial score (nSPS) is 15.2. The summed E-state index contributed by atoms with van der Waals surface area (Å²) in [4.78, 5) is 12.5. The fraction of sp³-hybridized carbons (Fsp3) is 0.350.